The van der Waals surface area contributed by atoms with Crippen LogP contribution in [0.25, 0.3) is 0 Å². The minimum atomic E-state index is -0.512. The second-order valence-electron chi connectivity index (χ2n) is 6.76. The Bertz CT molecular complexity index is 556. The number of hydrogen-bond donors (Lipinski definition) is 1. The molecule has 0 saturated heterocycles. The number of rotatable bonds is 3. The summed E-state index contributed by atoms with van der Waals surface area (Å²) in [5.74, 6) is 1.13. The molecule has 120 valence electrons. The van der Waals surface area contributed by atoms with Crippen molar-refractivity contribution >= 4 is 17.7 Å². The zero-order chi connectivity index (χ0) is 16.3. The van der Waals surface area contributed by atoms with Gasteiger partial charge in [-0.2, -0.15) is 0 Å². The van der Waals surface area contributed by atoms with Gasteiger partial charge in [-0.3, -0.25) is 5.32 Å². The molecule has 1 aliphatic rings. The van der Waals surface area contributed by atoms with E-state index < -0.39 is 11.7 Å². The van der Waals surface area contributed by atoms with Gasteiger partial charge in [-0.15, -0.1) is 0 Å². The van der Waals surface area contributed by atoms with Crippen LogP contribution in [0.3, 0.4) is 0 Å². The second-order valence-corrected chi connectivity index (χ2v) is 6.76. The first-order valence-corrected chi connectivity index (χ1v) is 7.55. The number of amides is 1. The number of ether oxygens (including phenoxy) is 2. The van der Waals surface area contributed by atoms with Crippen LogP contribution in [0.1, 0.15) is 40.2 Å². The van der Waals surface area contributed by atoms with Gasteiger partial charge in [-0.25, -0.2) is 9.79 Å². The molecule has 5 heteroatoms. The smallest absolute Gasteiger partial charge is 0.412 e. The molecule has 0 aromatic heterocycles. The maximum Gasteiger partial charge on any atom is 0.412 e. The maximum atomic E-state index is 11.7. The minimum absolute atomic E-state index is 0.217. The Labute approximate surface area is 131 Å². The molecule has 1 aliphatic heterocycles. The van der Waals surface area contributed by atoms with E-state index in [2.05, 4.69) is 24.2 Å². The minimum Gasteiger partial charge on any atom is -0.475 e. The van der Waals surface area contributed by atoms with Gasteiger partial charge in [0.25, 0.3) is 0 Å². The van der Waals surface area contributed by atoms with E-state index >= 15 is 0 Å². The highest BCUT2D eigenvalue weighted by Crippen LogP contribution is 2.19. The van der Waals surface area contributed by atoms with Crippen molar-refractivity contribution in [3.05, 3.63) is 29.8 Å². The number of aliphatic imine (C=N–C) groups is 1. The van der Waals surface area contributed by atoms with E-state index in [4.69, 9.17) is 9.47 Å². The molecule has 0 aliphatic carbocycles. The summed E-state index contributed by atoms with van der Waals surface area (Å²) < 4.78 is 10.9. The highest BCUT2D eigenvalue weighted by Gasteiger charge is 2.22. The van der Waals surface area contributed by atoms with E-state index in [0.717, 1.165) is 5.56 Å². The van der Waals surface area contributed by atoms with E-state index in [1.165, 1.54) is 0 Å². The molecule has 0 fully saturated rings. The number of anilines is 1. The van der Waals surface area contributed by atoms with Gasteiger partial charge in [0, 0.05) is 11.3 Å². The SMILES string of the molecule is CC(C)[C@H]1COC(c2ccc(NC(=O)OC(C)(C)C)cc2)=N1. The average Bonchev–Trinajstić information content (AvgIpc) is 2.87. The lowest BCUT2D eigenvalue weighted by atomic mass is 10.1. The zero-order valence-electron chi connectivity index (χ0n) is 13.8. The Morgan fingerprint density at radius 3 is 2.45 bits per heavy atom. The third kappa shape index (κ3) is 4.48. The molecule has 0 unspecified atom stereocenters. The zero-order valence-corrected chi connectivity index (χ0v) is 13.8. The molecule has 22 heavy (non-hydrogen) atoms. The van der Waals surface area contributed by atoms with Crippen molar-refractivity contribution in [2.45, 2.75) is 46.3 Å². The topological polar surface area (TPSA) is 59.9 Å². The molecule has 5 nitrogen and oxygen atoms in total. The van der Waals surface area contributed by atoms with E-state index in [1.54, 1.807) is 0 Å². The molecular formula is C17H24N2O3. The lowest BCUT2D eigenvalue weighted by Crippen LogP contribution is -2.27. The van der Waals surface area contributed by atoms with Gasteiger partial charge in [0.15, 0.2) is 0 Å². The van der Waals surface area contributed by atoms with Crippen LogP contribution in [0.5, 0.6) is 0 Å². The molecular weight excluding hydrogens is 280 g/mol. The van der Waals surface area contributed by atoms with Gasteiger partial charge < -0.3 is 9.47 Å². The Balaban J connectivity index is 1.99. The van der Waals surface area contributed by atoms with Crippen molar-refractivity contribution in [2.24, 2.45) is 10.9 Å². The van der Waals surface area contributed by atoms with E-state index in [-0.39, 0.29) is 6.04 Å². The van der Waals surface area contributed by atoms with Crippen LogP contribution in [0, 0.1) is 5.92 Å². The van der Waals surface area contributed by atoms with Gasteiger partial charge in [-0.1, -0.05) is 13.8 Å². The Kier molecular flexibility index (Phi) is 4.74. The highest BCUT2D eigenvalue weighted by atomic mass is 16.6. The first-order valence-electron chi connectivity index (χ1n) is 7.55. The summed E-state index contributed by atoms with van der Waals surface area (Å²) in [4.78, 5) is 16.3. The van der Waals surface area contributed by atoms with Crippen LogP contribution in [0.2, 0.25) is 0 Å². The fourth-order valence-electron chi connectivity index (χ4n) is 2.01. The second kappa shape index (κ2) is 6.38. The molecule has 2 rings (SSSR count). The summed E-state index contributed by atoms with van der Waals surface area (Å²) in [5, 5.41) is 2.70. The van der Waals surface area contributed by atoms with Crippen LogP contribution in [-0.2, 0) is 9.47 Å². The number of hydrogen-bond acceptors (Lipinski definition) is 4. The van der Waals surface area contributed by atoms with E-state index in [0.29, 0.717) is 24.1 Å². The molecule has 1 amide bonds. The summed E-state index contributed by atoms with van der Waals surface area (Å²) in [7, 11) is 0. The molecule has 1 heterocycles. The Morgan fingerprint density at radius 2 is 1.95 bits per heavy atom. The molecule has 0 radical (unpaired) electrons. The van der Waals surface area contributed by atoms with Crippen LogP contribution in [0.15, 0.2) is 29.3 Å². The Hall–Kier alpha value is -2.04. The third-order valence-electron chi connectivity index (χ3n) is 3.22. The van der Waals surface area contributed by atoms with Gasteiger partial charge >= 0.3 is 6.09 Å². The number of benzene rings is 1. The molecule has 0 spiro atoms. The summed E-state index contributed by atoms with van der Waals surface area (Å²) in [6.07, 6.45) is -0.463. The van der Waals surface area contributed by atoms with Crippen molar-refractivity contribution in [2.75, 3.05) is 11.9 Å². The first kappa shape index (κ1) is 16.3. The van der Waals surface area contributed by atoms with Gasteiger partial charge in [-0.05, 0) is 51.0 Å². The van der Waals surface area contributed by atoms with Crippen molar-refractivity contribution < 1.29 is 14.3 Å². The van der Waals surface area contributed by atoms with Crippen molar-refractivity contribution in [3.8, 4) is 0 Å². The monoisotopic (exact) mass is 304 g/mol. The number of nitrogens with zero attached hydrogens (tertiary/aromatic N) is 1. The number of nitrogens with one attached hydrogen (secondary N) is 1. The molecule has 1 aromatic carbocycles. The fraction of sp³-hybridized carbons (Fsp3) is 0.529. The molecule has 0 saturated carbocycles. The lowest BCUT2D eigenvalue weighted by molar-refractivity contribution is 0.0636. The molecule has 1 atom stereocenters. The molecule has 1 aromatic rings. The first-order chi connectivity index (χ1) is 10.2. The number of carbonyl (C=O) groups is 1. The van der Waals surface area contributed by atoms with Crippen LogP contribution in [-0.4, -0.2) is 30.2 Å². The van der Waals surface area contributed by atoms with Crippen molar-refractivity contribution in [1.82, 2.24) is 0 Å². The Morgan fingerprint density at radius 1 is 1.32 bits per heavy atom. The van der Waals surface area contributed by atoms with Crippen LogP contribution >= 0.6 is 0 Å². The normalized spacial score (nSPS) is 17.9. The maximum absolute atomic E-state index is 11.7. The quantitative estimate of drug-likeness (QED) is 0.923. The van der Waals surface area contributed by atoms with Crippen LogP contribution in [0.4, 0.5) is 10.5 Å². The standard InChI is InChI=1S/C17H24N2O3/c1-11(2)14-10-21-15(19-14)12-6-8-13(9-7-12)18-16(20)22-17(3,4)5/h6-9,11,14H,10H2,1-5H3,(H,18,20)/t14-/m1/s1. The third-order valence-corrected chi connectivity index (χ3v) is 3.22. The van der Waals surface area contributed by atoms with Gasteiger partial charge in [0.2, 0.25) is 5.90 Å². The summed E-state index contributed by atoms with van der Waals surface area (Å²) in [5.41, 5.74) is 1.08. The predicted molar refractivity (Wildman–Crippen MR) is 87.4 cm³/mol. The largest absolute Gasteiger partial charge is 0.475 e. The van der Waals surface area contributed by atoms with E-state index in [9.17, 15) is 4.79 Å². The molecule has 0 bridgehead atoms. The van der Waals surface area contributed by atoms with Gasteiger partial charge in [0.05, 0.1) is 6.04 Å². The average molecular weight is 304 g/mol. The molecule has 1 N–H and O–H groups in total. The summed E-state index contributed by atoms with van der Waals surface area (Å²) in [6, 6.07) is 7.61. The summed E-state index contributed by atoms with van der Waals surface area (Å²) in [6.45, 7) is 10.4. The predicted octanol–water partition coefficient (Wildman–Crippen LogP) is 3.84. The van der Waals surface area contributed by atoms with Gasteiger partial charge in [0.1, 0.15) is 12.2 Å². The highest BCUT2D eigenvalue weighted by molar-refractivity contribution is 5.96. The summed E-state index contributed by atoms with van der Waals surface area (Å²) >= 11 is 0. The van der Waals surface area contributed by atoms with Crippen LogP contribution < -0.4 is 5.32 Å². The van der Waals surface area contributed by atoms with Crippen molar-refractivity contribution in [3.63, 3.8) is 0 Å². The van der Waals surface area contributed by atoms with Crippen molar-refractivity contribution in [1.29, 1.82) is 0 Å². The van der Waals surface area contributed by atoms with E-state index in [1.807, 2.05) is 45.0 Å². The lowest BCUT2D eigenvalue weighted by Gasteiger charge is -2.19. The number of carbonyl (C=O) groups excluding carboxylic acids is 1. The fourth-order valence-corrected chi connectivity index (χ4v) is 2.01.